The molecule has 24 heavy (non-hydrogen) atoms. The van der Waals surface area contributed by atoms with Crippen LogP contribution in [-0.4, -0.2) is 26.3 Å². The fourth-order valence-electron chi connectivity index (χ4n) is 2.51. The second-order valence-electron chi connectivity index (χ2n) is 5.27. The van der Waals surface area contributed by atoms with E-state index in [4.69, 9.17) is 12.2 Å². The molecule has 1 saturated heterocycles. The Morgan fingerprint density at radius 3 is 2.21 bits per heavy atom. The molecule has 1 fully saturated rings. The van der Waals surface area contributed by atoms with Crippen LogP contribution in [0.15, 0.2) is 40.7 Å². The van der Waals surface area contributed by atoms with Gasteiger partial charge in [-0.25, -0.2) is 4.68 Å². The molecule has 2 heterocycles. The number of thiocarbonyl (C=S) groups is 1. The highest BCUT2D eigenvalue weighted by Gasteiger charge is 2.27. The third kappa shape index (κ3) is 2.56. The number of nitrogens with one attached hydrogen (secondary N) is 2. The van der Waals surface area contributed by atoms with Crippen molar-refractivity contribution in [2.24, 2.45) is 7.05 Å². The van der Waals surface area contributed by atoms with E-state index in [2.05, 4.69) is 10.6 Å². The van der Waals surface area contributed by atoms with Crippen molar-refractivity contribution in [2.45, 2.75) is 6.92 Å². The summed E-state index contributed by atoms with van der Waals surface area (Å²) in [7, 11) is 1.74. The first kappa shape index (κ1) is 15.9. The third-order valence-corrected chi connectivity index (χ3v) is 4.03. The summed E-state index contributed by atoms with van der Waals surface area (Å²) in [6.07, 6.45) is 1.30. The lowest BCUT2D eigenvalue weighted by molar-refractivity contribution is -0.123. The van der Waals surface area contributed by atoms with Crippen molar-refractivity contribution in [1.82, 2.24) is 20.0 Å². The quantitative estimate of drug-likeness (QED) is 0.470. The highest BCUT2D eigenvalue weighted by molar-refractivity contribution is 7.80. The van der Waals surface area contributed by atoms with Gasteiger partial charge in [0.2, 0.25) is 0 Å². The maximum atomic E-state index is 12.8. The Morgan fingerprint density at radius 2 is 1.62 bits per heavy atom. The van der Waals surface area contributed by atoms with Crippen molar-refractivity contribution in [3.05, 3.63) is 57.5 Å². The van der Waals surface area contributed by atoms with Crippen LogP contribution < -0.4 is 16.2 Å². The number of carbonyl (C=O) groups excluding carboxylic acids is 2. The Kier molecular flexibility index (Phi) is 3.90. The Morgan fingerprint density at radius 1 is 1.04 bits per heavy atom. The maximum absolute atomic E-state index is 12.8. The van der Waals surface area contributed by atoms with E-state index in [0.717, 1.165) is 0 Å². The first-order valence-corrected chi connectivity index (χ1v) is 7.53. The molecule has 2 N–H and O–H groups in total. The zero-order chi connectivity index (χ0) is 17.4. The van der Waals surface area contributed by atoms with Crippen LogP contribution >= 0.6 is 12.2 Å². The minimum Gasteiger partial charge on any atom is -0.299 e. The highest BCUT2D eigenvalue weighted by Crippen LogP contribution is 2.14. The largest absolute Gasteiger partial charge is 0.299 e. The highest BCUT2D eigenvalue weighted by atomic mass is 32.1. The molecule has 122 valence electrons. The zero-order valence-corrected chi connectivity index (χ0v) is 13.8. The van der Waals surface area contributed by atoms with Crippen LogP contribution in [0.5, 0.6) is 0 Å². The minimum atomic E-state index is -0.627. The molecule has 1 aliphatic rings. The predicted octanol–water partition coefficient (Wildman–Crippen LogP) is 0.399. The van der Waals surface area contributed by atoms with Gasteiger partial charge in [-0.2, -0.15) is 0 Å². The summed E-state index contributed by atoms with van der Waals surface area (Å²) in [5, 5.41) is 4.65. The summed E-state index contributed by atoms with van der Waals surface area (Å²) >= 11 is 4.76. The molecule has 1 aromatic heterocycles. The molecule has 0 atom stereocenters. The molecule has 2 aromatic rings. The van der Waals surface area contributed by atoms with Gasteiger partial charge in [0, 0.05) is 12.7 Å². The molecule has 3 rings (SSSR count). The number of aromatic nitrogens is 2. The Balaban J connectivity index is 2.16. The Bertz CT molecular complexity index is 932. The molecule has 0 saturated carbocycles. The number of amides is 2. The maximum Gasteiger partial charge on any atom is 0.278 e. The van der Waals surface area contributed by atoms with Crippen molar-refractivity contribution in [1.29, 1.82) is 0 Å². The van der Waals surface area contributed by atoms with E-state index < -0.39 is 11.8 Å². The second-order valence-corrected chi connectivity index (χ2v) is 5.68. The molecule has 0 radical (unpaired) electrons. The van der Waals surface area contributed by atoms with Crippen LogP contribution in [0.25, 0.3) is 11.8 Å². The Labute approximate surface area is 142 Å². The van der Waals surface area contributed by atoms with Gasteiger partial charge in [-0.3, -0.25) is 29.7 Å². The molecule has 2 amide bonds. The fourth-order valence-corrected chi connectivity index (χ4v) is 2.69. The van der Waals surface area contributed by atoms with Crippen molar-refractivity contribution < 1.29 is 9.59 Å². The summed E-state index contributed by atoms with van der Waals surface area (Å²) < 4.78 is 3.15. The van der Waals surface area contributed by atoms with Crippen LogP contribution in [0.3, 0.4) is 0 Å². The number of nitrogens with zero attached hydrogens (tertiary/aromatic N) is 2. The van der Waals surface area contributed by atoms with Crippen molar-refractivity contribution in [3.8, 4) is 5.69 Å². The average molecular weight is 342 g/mol. The number of hydrogen-bond donors (Lipinski definition) is 2. The lowest BCUT2D eigenvalue weighted by Crippen LogP contribution is -2.51. The SMILES string of the molecule is Cc1c(C=C2C(=O)NC(=S)NC2=O)c(=O)n(-c2ccccc2)n1C. The van der Waals surface area contributed by atoms with Crippen LogP contribution in [0.1, 0.15) is 11.3 Å². The number of para-hydroxylation sites is 1. The van der Waals surface area contributed by atoms with E-state index >= 15 is 0 Å². The van der Waals surface area contributed by atoms with Gasteiger partial charge < -0.3 is 0 Å². The topological polar surface area (TPSA) is 85.1 Å². The molecule has 1 aromatic carbocycles. The fraction of sp³-hybridized carbons (Fsp3) is 0.125. The first-order valence-electron chi connectivity index (χ1n) is 7.12. The summed E-state index contributed by atoms with van der Waals surface area (Å²) in [6.45, 7) is 1.75. The van der Waals surface area contributed by atoms with Gasteiger partial charge in [0.05, 0.1) is 11.3 Å². The second kappa shape index (κ2) is 5.89. The number of hydrogen-bond acceptors (Lipinski definition) is 4. The molecule has 7 nitrogen and oxygen atoms in total. The first-order chi connectivity index (χ1) is 11.4. The van der Waals surface area contributed by atoms with Crippen molar-refractivity contribution in [3.63, 3.8) is 0 Å². The molecular formula is C16H14N4O3S. The third-order valence-electron chi connectivity index (χ3n) is 3.83. The van der Waals surface area contributed by atoms with Crippen LogP contribution in [-0.2, 0) is 16.6 Å². The minimum absolute atomic E-state index is 0.0476. The summed E-state index contributed by atoms with van der Waals surface area (Å²) in [6, 6.07) is 9.11. The molecule has 0 aliphatic carbocycles. The van der Waals surface area contributed by atoms with Gasteiger partial charge in [-0.15, -0.1) is 0 Å². The van der Waals surface area contributed by atoms with Crippen LogP contribution in [0.4, 0.5) is 0 Å². The molecular weight excluding hydrogens is 328 g/mol. The van der Waals surface area contributed by atoms with Gasteiger partial charge in [0.25, 0.3) is 17.4 Å². The monoisotopic (exact) mass is 342 g/mol. The van der Waals surface area contributed by atoms with Gasteiger partial charge in [-0.1, -0.05) is 18.2 Å². The molecule has 0 spiro atoms. The van der Waals surface area contributed by atoms with Gasteiger partial charge in [0.1, 0.15) is 5.57 Å². The van der Waals surface area contributed by atoms with E-state index in [0.29, 0.717) is 11.4 Å². The van der Waals surface area contributed by atoms with E-state index in [9.17, 15) is 14.4 Å². The lowest BCUT2D eigenvalue weighted by atomic mass is 10.1. The van der Waals surface area contributed by atoms with E-state index in [1.807, 2.05) is 18.2 Å². The van der Waals surface area contributed by atoms with Crippen molar-refractivity contribution in [2.75, 3.05) is 0 Å². The van der Waals surface area contributed by atoms with Gasteiger partial charge in [-0.05, 0) is 37.4 Å². The van der Waals surface area contributed by atoms with E-state index in [1.165, 1.54) is 10.8 Å². The summed E-state index contributed by atoms with van der Waals surface area (Å²) in [4.78, 5) is 36.7. The number of benzene rings is 1. The van der Waals surface area contributed by atoms with Crippen LogP contribution in [0, 0.1) is 6.92 Å². The molecule has 1 aliphatic heterocycles. The number of rotatable bonds is 2. The van der Waals surface area contributed by atoms with Gasteiger partial charge >= 0.3 is 0 Å². The van der Waals surface area contributed by atoms with Crippen LogP contribution in [0.2, 0.25) is 0 Å². The summed E-state index contributed by atoms with van der Waals surface area (Å²) in [5.41, 5.74) is 1.12. The molecule has 0 bridgehead atoms. The van der Waals surface area contributed by atoms with E-state index in [1.54, 1.807) is 30.8 Å². The normalized spacial score (nSPS) is 14.4. The molecule has 0 unspecified atom stereocenters. The predicted molar refractivity (Wildman–Crippen MR) is 92.6 cm³/mol. The Hall–Kier alpha value is -3.00. The molecule has 8 heteroatoms. The summed E-state index contributed by atoms with van der Waals surface area (Å²) in [5.74, 6) is -1.25. The zero-order valence-electron chi connectivity index (χ0n) is 13.0. The van der Waals surface area contributed by atoms with Gasteiger partial charge in [0.15, 0.2) is 5.11 Å². The van der Waals surface area contributed by atoms with E-state index in [-0.39, 0.29) is 21.8 Å². The number of carbonyl (C=O) groups is 2. The van der Waals surface area contributed by atoms with Crippen molar-refractivity contribution >= 4 is 35.2 Å². The standard InChI is InChI=1S/C16H14N4O3S/c1-9-11(8-12-13(21)17-16(24)18-14(12)22)15(23)20(19(9)2)10-6-4-3-5-7-10/h3-8H,1-2H3,(H2,17,18,21,22,24). The lowest BCUT2D eigenvalue weighted by Gasteiger charge is -2.15. The smallest absolute Gasteiger partial charge is 0.278 e. The average Bonchev–Trinajstić information content (AvgIpc) is 2.74.